The Labute approximate surface area is 354 Å². The summed E-state index contributed by atoms with van der Waals surface area (Å²) < 4.78 is 5.44. The topological polar surface area (TPSA) is 95.9 Å². The number of ether oxygens (including phenoxy) is 1. The van der Waals surface area contributed by atoms with Gasteiger partial charge in [-0.3, -0.25) is 9.59 Å². The van der Waals surface area contributed by atoms with Crippen molar-refractivity contribution in [3.05, 3.63) is 24.3 Å². The van der Waals surface area contributed by atoms with Crippen molar-refractivity contribution in [3.8, 4) is 0 Å². The van der Waals surface area contributed by atoms with Crippen LogP contribution in [0.1, 0.15) is 264 Å². The van der Waals surface area contributed by atoms with Gasteiger partial charge in [-0.15, -0.1) is 0 Å². The molecule has 2 unspecified atom stereocenters. The van der Waals surface area contributed by atoms with Crippen LogP contribution in [0.15, 0.2) is 24.3 Å². The molecule has 6 nitrogen and oxygen atoms in total. The number of aliphatic hydroxyl groups is 2. The minimum absolute atomic E-state index is 0.0323. The second kappa shape index (κ2) is 47.0. The first-order valence-corrected chi connectivity index (χ1v) is 25.1. The lowest BCUT2D eigenvalue weighted by Crippen LogP contribution is -2.45. The fourth-order valence-corrected chi connectivity index (χ4v) is 7.57. The van der Waals surface area contributed by atoms with Crippen molar-refractivity contribution in [1.82, 2.24) is 5.32 Å². The second-order valence-corrected chi connectivity index (χ2v) is 17.1. The zero-order chi connectivity index (χ0) is 41.5. The third kappa shape index (κ3) is 43.7. The molecule has 57 heavy (non-hydrogen) atoms. The summed E-state index contributed by atoms with van der Waals surface area (Å²) in [6.45, 7) is 4.85. The Balaban J connectivity index is 3.48. The van der Waals surface area contributed by atoms with Gasteiger partial charge in [0, 0.05) is 12.8 Å². The molecule has 0 aliphatic rings. The lowest BCUT2D eigenvalue weighted by Gasteiger charge is -2.22. The van der Waals surface area contributed by atoms with Crippen molar-refractivity contribution >= 4 is 11.9 Å². The van der Waals surface area contributed by atoms with Gasteiger partial charge in [0.05, 0.1) is 25.4 Å². The smallest absolute Gasteiger partial charge is 0.305 e. The molecule has 0 rings (SSSR count). The third-order valence-electron chi connectivity index (χ3n) is 11.5. The SMILES string of the molecule is CCCCCCCC/C=C\CCCCCCCCCCCC(=O)OCCCC/C=C\CCCCCCCC(=O)NC(CO)C(O)CCCCCCCCCCCC. The highest BCUT2D eigenvalue weighted by atomic mass is 16.5. The van der Waals surface area contributed by atoms with Gasteiger partial charge in [0.2, 0.25) is 5.91 Å². The van der Waals surface area contributed by atoms with E-state index in [0.717, 1.165) is 83.5 Å². The molecule has 1 amide bonds. The highest BCUT2D eigenvalue weighted by molar-refractivity contribution is 5.76. The van der Waals surface area contributed by atoms with Gasteiger partial charge in [-0.05, 0) is 77.0 Å². The molecule has 0 aliphatic carbocycles. The summed E-state index contributed by atoms with van der Waals surface area (Å²) in [5.74, 6) is -0.0985. The van der Waals surface area contributed by atoms with Crippen LogP contribution in [0, 0.1) is 0 Å². The van der Waals surface area contributed by atoms with Gasteiger partial charge in [-0.1, -0.05) is 199 Å². The van der Waals surface area contributed by atoms with E-state index in [4.69, 9.17) is 4.74 Å². The normalized spacial score (nSPS) is 12.8. The number of hydrogen-bond acceptors (Lipinski definition) is 5. The number of rotatable bonds is 46. The number of hydrogen-bond donors (Lipinski definition) is 3. The molecule has 0 aromatic heterocycles. The Kier molecular flexibility index (Phi) is 45.7. The number of carbonyl (C=O) groups is 2. The first kappa shape index (κ1) is 55.3. The molecule has 0 aromatic rings. The Bertz CT molecular complexity index is 889. The largest absolute Gasteiger partial charge is 0.466 e. The molecule has 0 radical (unpaired) electrons. The average molecular weight is 804 g/mol. The Morgan fingerprint density at radius 3 is 1.25 bits per heavy atom. The van der Waals surface area contributed by atoms with Gasteiger partial charge in [-0.25, -0.2) is 0 Å². The molecule has 0 fully saturated rings. The second-order valence-electron chi connectivity index (χ2n) is 17.1. The van der Waals surface area contributed by atoms with Crippen LogP contribution in [0.25, 0.3) is 0 Å². The number of unbranched alkanes of at least 4 members (excludes halogenated alkanes) is 31. The molecular weight excluding hydrogens is 707 g/mol. The first-order chi connectivity index (χ1) is 28.0. The van der Waals surface area contributed by atoms with Crippen molar-refractivity contribution in [1.29, 1.82) is 0 Å². The summed E-state index contributed by atoms with van der Waals surface area (Å²) >= 11 is 0. The van der Waals surface area contributed by atoms with Gasteiger partial charge in [0.25, 0.3) is 0 Å². The van der Waals surface area contributed by atoms with E-state index in [1.165, 1.54) is 148 Å². The predicted molar refractivity (Wildman–Crippen MR) is 246 cm³/mol. The van der Waals surface area contributed by atoms with E-state index < -0.39 is 12.1 Å². The van der Waals surface area contributed by atoms with Crippen LogP contribution in [0.3, 0.4) is 0 Å². The lowest BCUT2D eigenvalue weighted by molar-refractivity contribution is -0.143. The van der Waals surface area contributed by atoms with Crippen molar-refractivity contribution in [2.75, 3.05) is 13.2 Å². The molecule has 0 bridgehead atoms. The molecule has 0 heterocycles. The molecule has 6 heteroatoms. The summed E-state index contributed by atoms with van der Waals surface area (Å²) in [6.07, 6.45) is 54.4. The maximum absolute atomic E-state index is 12.4. The van der Waals surface area contributed by atoms with Crippen molar-refractivity contribution in [2.24, 2.45) is 0 Å². The van der Waals surface area contributed by atoms with E-state index in [2.05, 4.69) is 43.5 Å². The zero-order valence-electron chi connectivity index (χ0n) is 38.1. The number of esters is 1. The Morgan fingerprint density at radius 1 is 0.474 bits per heavy atom. The number of carbonyl (C=O) groups excluding carboxylic acids is 2. The maximum atomic E-state index is 12.4. The maximum Gasteiger partial charge on any atom is 0.305 e. The van der Waals surface area contributed by atoms with E-state index in [1.54, 1.807) is 0 Å². The molecule has 2 atom stereocenters. The molecule has 0 saturated carbocycles. The highest BCUT2D eigenvalue weighted by Gasteiger charge is 2.20. The summed E-state index contributed by atoms with van der Waals surface area (Å²) in [7, 11) is 0. The standard InChI is InChI=1S/C51H97NO5/c1-3-5-7-9-11-13-15-16-17-18-19-20-21-22-25-29-33-37-41-45-51(56)57-46-42-38-34-30-26-23-24-28-32-36-40-44-50(55)52-48(47-53)49(54)43-39-35-31-27-14-12-10-8-6-4-2/h16-17,26,30,48-49,53-54H,3-15,18-25,27-29,31-47H2,1-2H3,(H,52,55)/b17-16-,30-26-. The minimum Gasteiger partial charge on any atom is -0.466 e. The average Bonchev–Trinajstić information content (AvgIpc) is 3.21. The van der Waals surface area contributed by atoms with Gasteiger partial charge in [0.1, 0.15) is 0 Å². The molecular formula is C51H97NO5. The number of allylic oxidation sites excluding steroid dienone is 4. The molecule has 0 spiro atoms. The summed E-state index contributed by atoms with van der Waals surface area (Å²) in [4.78, 5) is 24.4. The van der Waals surface area contributed by atoms with Gasteiger partial charge in [-0.2, -0.15) is 0 Å². The summed E-state index contributed by atoms with van der Waals surface area (Å²) in [6, 6.07) is -0.560. The first-order valence-electron chi connectivity index (χ1n) is 25.1. The van der Waals surface area contributed by atoms with Crippen LogP contribution in [0.4, 0.5) is 0 Å². The third-order valence-corrected chi connectivity index (χ3v) is 11.5. The summed E-state index contributed by atoms with van der Waals surface area (Å²) in [5, 5.41) is 23.1. The van der Waals surface area contributed by atoms with Crippen molar-refractivity contribution in [2.45, 2.75) is 276 Å². The van der Waals surface area contributed by atoms with E-state index in [-0.39, 0.29) is 18.5 Å². The molecule has 0 aromatic carbocycles. The Hall–Kier alpha value is -1.66. The number of aliphatic hydroxyl groups excluding tert-OH is 2. The molecule has 3 N–H and O–H groups in total. The monoisotopic (exact) mass is 804 g/mol. The van der Waals surface area contributed by atoms with Crippen molar-refractivity contribution in [3.63, 3.8) is 0 Å². The van der Waals surface area contributed by atoms with Gasteiger partial charge in [0.15, 0.2) is 0 Å². The van der Waals surface area contributed by atoms with Gasteiger partial charge >= 0.3 is 5.97 Å². The molecule has 0 aliphatic heterocycles. The van der Waals surface area contributed by atoms with Crippen molar-refractivity contribution < 1.29 is 24.5 Å². The predicted octanol–water partition coefficient (Wildman–Crippen LogP) is 14.7. The van der Waals surface area contributed by atoms with Crippen LogP contribution in [-0.2, 0) is 14.3 Å². The Morgan fingerprint density at radius 2 is 0.825 bits per heavy atom. The fraction of sp³-hybridized carbons (Fsp3) is 0.882. The van der Waals surface area contributed by atoms with Gasteiger partial charge < -0.3 is 20.3 Å². The van der Waals surface area contributed by atoms with Crippen LogP contribution >= 0.6 is 0 Å². The zero-order valence-corrected chi connectivity index (χ0v) is 38.1. The van der Waals surface area contributed by atoms with E-state index in [9.17, 15) is 19.8 Å². The fourth-order valence-electron chi connectivity index (χ4n) is 7.57. The molecule has 336 valence electrons. The van der Waals surface area contributed by atoms with E-state index in [0.29, 0.717) is 25.9 Å². The van der Waals surface area contributed by atoms with Crippen LogP contribution < -0.4 is 5.32 Å². The van der Waals surface area contributed by atoms with E-state index in [1.807, 2.05) is 0 Å². The lowest BCUT2D eigenvalue weighted by atomic mass is 10.0. The van der Waals surface area contributed by atoms with Crippen LogP contribution in [0.5, 0.6) is 0 Å². The van der Waals surface area contributed by atoms with Crippen LogP contribution in [0.2, 0.25) is 0 Å². The number of nitrogens with one attached hydrogen (secondary N) is 1. The minimum atomic E-state index is -0.680. The number of amides is 1. The van der Waals surface area contributed by atoms with E-state index >= 15 is 0 Å². The summed E-state index contributed by atoms with van der Waals surface area (Å²) in [5.41, 5.74) is 0. The van der Waals surface area contributed by atoms with Crippen LogP contribution in [-0.4, -0.2) is 47.4 Å². The molecule has 0 saturated heterocycles. The highest BCUT2D eigenvalue weighted by Crippen LogP contribution is 2.15. The quantitative estimate of drug-likeness (QED) is 0.0324.